The molecule has 0 aliphatic carbocycles. The van der Waals surface area contributed by atoms with Crippen LogP contribution < -0.4 is 0 Å². The summed E-state index contributed by atoms with van der Waals surface area (Å²) in [5, 5.41) is 4.23. The first-order valence-electron chi connectivity index (χ1n) is 9.12. The molecule has 12 heteroatoms. The van der Waals surface area contributed by atoms with Crippen LogP contribution in [-0.4, -0.2) is 65.2 Å². The lowest BCUT2D eigenvalue weighted by atomic mass is 10.1. The van der Waals surface area contributed by atoms with Crippen LogP contribution in [0.25, 0.3) is 0 Å². The van der Waals surface area contributed by atoms with E-state index in [0.29, 0.717) is 5.69 Å². The Kier molecular flexibility index (Phi) is 8.18. The molecule has 2 rings (SSSR count). The molecule has 2 heterocycles. The minimum atomic E-state index is -1.18. The van der Waals surface area contributed by atoms with Crippen LogP contribution in [0.5, 0.6) is 0 Å². The number of nitrogens with zero attached hydrogens (tertiary/aromatic N) is 2. The topological polar surface area (TPSA) is 132 Å². The van der Waals surface area contributed by atoms with E-state index in [0.717, 1.165) is 4.68 Å². The highest BCUT2D eigenvalue weighted by molar-refractivity contribution is 6.16. The molecule has 0 saturated carbocycles. The second-order valence-electron chi connectivity index (χ2n) is 6.34. The minimum Gasteiger partial charge on any atom is -0.463 e. The molecule has 0 aromatic carbocycles. The first-order chi connectivity index (χ1) is 14.2. The Labute approximate surface area is 177 Å². The lowest BCUT2D eigenvalue weighted by Gasteiger charge is -2.23. The highest BCUT2D eigenvalue weighted by atomic mass is 35.5. The van der Waals surface area contributed by atoms with Crippen molar-refractivity contribution in [2.45, 2.75) is 58.1 Å². The van der Waals surface area contributed by atoms with Gasteiger partial charge in [-0.05, 0) is 13.0 Å². The van der Waals surface area contributed by atoms with Gasteiger partial charge in [-0.15, -0.1) is 11.6 Å². The van der Waals surface area contributed by atoms with E-state index in [1.807, 2.05) is 0 Å². The number of halogens is 1. The second kappa shape index (κ2) is 10.4. The van der Waals surface area contributed by atoms with E-state index in [1.165, 1.54) is 26.8 Å². The van der Waals surface area contributed by atoms with Crippen molar-refractivity contribution in [1.82, 2.24) is 9.78 Å². The largest absolute Gasteiger partial charge is 0.463 e. The van der Waals surface area contributed by atoms with Crippen LogP contribution in [0.2, 0.25) is 0 Å². The fourth-order valence-corrected chi connectivity index (χ4v) is 3.08. The molecule has 0 radical (unpaired) electrons. The molecule has 4 atom stereocenters. The molecule has 0 bridgehead atoms. The number of rotatable bonds is 8. The third kappa shape index (κ3) is 5.70. The molecule has 4 unspecified atom stereocenters. The summed E-state index contributed by atoms with van der Waals surface area (Å²) >= 11 is 5.85. The average Bonchev–Trinajstić information content (AvgIpc) is 3.22. The van der Waals surface area contributed by atoms with E-state index in [2.05, 4.69) is 5.10 Å². The Morgan fingerprint density at radius 1 is 1.07 bits per heavy atom. The van der Waals surface area contributed by atoms with Gasteiger partial charge in [-0.3, -0.25) is 14.4 Å². The maximum Gasteiger partial charge on any atom is 0.356 e. The fraction of sp³-hybridized carbons (Fsp3) is 0.611. The van der Waals surface area contributed by atoms with Gasteiger partial charge in [0, 0.05) is 20.8 Å². The van der Waals surface area contributed by atoms with Gasteiger partial charge in [0.1, 0.15) is 18.4 Å². The van der Waals surface area contributed by atoms with Gasteiger partial charge in [-0.25, -0.2) is 9.48 Å². The molecule has 1 aliphatic heterocycles. The predicted molar refractivity (Wildman–Crippen MR) is 99.4 cm³/mol. The van der Waals surface area contributed by atoms with E-state index in [1.54, 1.807) is 6.92 Å². The summed E-state index contributed by atoms with van der Waals surface area (Å²) in [4.78, 5) is 47.0. The van der Waals surface area contributed by atoms with Gasteiger partial charge in [0.25, 0.3) is 0 Å². The number of hydrogen-bond donors (Lipinski definition) is 0. The highest BCUT2D eigenvalue weighted by Gasteiger charge is 2.51. The summed E-state index contributed by atoms with van der Waals surface area (Å²) in [7, 11) is 0. The standard InChI is InChI=1S/C18H23ClN2O9/c1-5-26-18(25)13-6-12(7-19)20-21(13)17-16(29-11(4)24)15(28-10(3)23)14(30-17)8-27-9(2)22/h6,14-17H,5,7-8H2,1-4H3. The van der Waals surface area contributed by atoms with Gasteiger partial charge in [0.15, 0.2) is 18.4 Å². The van der Waals surface area contributed by atoms with Crippen LogP contribution in [-0.2, 0) is 43.9 Å². The maximum absolute atomic E-state index is 12.4. The van der Waals surface area contributed by atoms with Gasteiger partial charge in [0.05, 0.1) is 18.2 Å². The molecule has 0 N–H and O–H groups in total. The van der Waals surface area contributed by atoms with Gasteiger partial charge in [-0.2, -0.15) is 5.10 Å². The molecular formula is C18H23ClN2O9. The lowest BCUT2D eigenvalue weighted by Crippen LogP contribution is -2.41. The van der Waals surface area contributed by atoms with Crippen molar-refractivity contribution in [3.05, 3.63) is 17.5 Å². The molecule has 1 aromatic rings. The Bertz CT molecular complexity index is 810. The Hall–Kier alpha value is -2.66. The monoisotopic (exact) mass is 446 g/mol. The molecule has 1 aromatic heterocycles. The number of carbonyl (C=O) groups excluding carboxylic acids is 4. The summed E-state index contributed by atoms with van der Waals surface area (Å²) in [6, 6.07) is 1.42. The number of ether oxygens (including phenoxy) is 5. The zero-order chi connectivity index (χ0) is 22.4. The van der Waals surface area contributed by atoms with Gasteiger partial charge >= 0.3 is 23.9 Å². The molecule has 30 heavy (non-hydrogen) atoms. The van der Waals surface area contributed by atoms with Crippen LogP contribution in [0.15, 0.2) is 6.07 Å². The first kappa shape index (κ1) is 23.6. The number of esters is 4. The summed E-state index contributed by atoms with van der Waals surface area (Å²) in [5.41, 5.74) is 0.349. The van der Waals surface area contributed by atoms with E-state index in [4.69, 9.17) is 35.3 Å². The Balaban J connectivity index is 2.48. The zero-order valence-electron chi connectivity index (χ0n) is 17.0. The van der Waals surface area contributed by atoms with E-state index >= 15 is 0 Å². The van der Waals surface area contributed by atoms with Crippen LogP contribution in [0.1, 0.15) is 50.1 Å². The summed E-state index contributed by atoms with van der Waals surface area (Å²) < 4.78 is 27.7. The number of hydrogen-bond acceptors (Lipinski definition) is 10. The zero-order valence-corrected chi connectivity index (χ0v) is 17.7. The molecule has 1 saturated heterocycles. The molecule has 1 aliphatic rings. The first-order valence-corrected chi connectivity index (χ1v) is 9.66. The van der Waals surface area contributed by atoms with Crippen molar-refractivity contribution in [3.63, 3.8) is 0 Å². The quantitative estimate of drug-likeness (QED) is 0.325. The highest BCUT2D eigenvalue weighted by Crippen LogP contribution is 2.35. The molecule has 0 amide bonds. The van der Waals surface area contributed by atoms with Crippen molar-refractivity contribution < 1.29 is 42.9 Å². The van der Waals surface area contributed by atoms with Crippen molar-refractivity contribution in [1.29, 1.82) is 0 Å². The second-order valence-corrected chi connectivity index (χ2v) is 6.60. The van der Waals surface area contributed by atoms with Gasteiger partial charge in [-0.1, -0.05) is 0 Å². The maximum atomic E-state index is 12.4. The van der Waals surface area contributed by atoms with Crippen LogP contribution in [0.3, 0.4) is 0 Å². The third-order valence-electron chi connectivity index (χ3n) is 3.99. The van der Waals surface area contributed by atoms with E-state index in [9.17, 15) is 19.2 Å². The smallest absolute Gasteiger partial charge is 0.356 e. The molecule has 11 nitrogen and oxygen atoms in total. The minimum absolute atomic E-state index is 0.00404. The number of aromatic nitrogens is 2. The molecular weight excluding hydrogens is 424 g/mol. The summed E-state index contributed by atoms with van der Waals surface area (Å²) in [5.74, 6) is -2.63. The SMILES string of the molecule is CCOC(=O)c1cc(CCl)nn1C1OC(COC(C)=O)C(OC(C)=O)C1OC(C)=O. The Morgan fingerprint density at radius 2 is 1.70 bits per heavy atom. The summed E-state index contributed by atoms with van der Waals surface area (Å²) in [6.45, 7) is 5.02. The van der Waals surface area contributed by atoms with Crippen LogP contribution in [0.4, 0.5) is 0 Å². The normalized spacial score (nSPS) is 23.0. The number of alkyl halides is 1. The van der Waals surface area contributed by atoms with Crippen molar-refractivity contribution in [3.8, 4) is 0 Å². The van der Waals surface area contributed by atoms with Crippen molar-refractivity contribution in [2.24, 2.45) is 0 Å². The number of carbonyl (C=O) groups is 4. The average molecular weight is 447 g/mol. The van der Waals surface area contributed by atoms with Gasteiger partial charge < -0.3 is 23.7 Å². The van der Waals surface area contributed by atoms with Crippen molar-refractivity contribution >= 4 is 35.5 Å². The summed E-state index contributed by atoms with van der Waals surface area (Å²) in [6.07, 6.45) is -4.45. The predicted octanol–water partition coefficient (Wildman–Crippen LogP) is 1.12. The molecule has 1 fully saturated rings. The molecule has 166 valence electrons. The lowest BCUT2D eigenvalue weighted by molar-refractivity contribution is -0.166. The van der Waals surface area contributed by atoms with E-state index < -0.39 is 48.4 Å². The van der Waals surface area contributed by atoms with Gasteiger partial charge in [0.2, 0.25) is 0 Å². The fourth-order valence-electron chi connectivity index (χ4n) is 2.95. The van der Waals surface area contributed by atoms with Crippen LogP contribution in [0, 0.1) is 0 Å². The van der Waals surface area contributed by atoms with Crippen LogP contribution >= 0.6 is 11.6 Å². The Morgan fingerprint density at radius 3 is 2.23 bits per heavy atom. The molecule has 0 spiro atoms. The van der Waals surface area contributed by atoms with Crippen molar-refractivity contribution in [2.75, 3.05) is 13.2 Å². The van der Waals surface area contributed by atoms with E-state index in [-0.39, 0.29) is 24.8 Å². The third-order valence-corrected chi connectivity index (χ3v) is 4.26.